The summed E-state index contributed by atoms with van der Waals surface area (Å²) in [6.45, 7) is 4.04. The second kappa shape index (κ2) is 8.55. The third-order valence-corrected chi connectivity index (χ3v) is 4.75. The number of nitrogens with zero attached hydrogens (tertiary/aromatic N) is 6. The van der Waals surface area contributed by atoms with Gasteiger partial charge < -0.3 is 15.2 Å². The van der Waals surface area contributed by atoms with Crippen LogP contribution in [0.3, 0.4) is 0 Å². The zero-order valence-electron chi connectivity index (χ0n) is 16.6. The van der Waals surface area contributed by atoms with E-state index in [1.807, 2.05) is 48.1 Å². The van der Waals surface area contributed by atoms with E-state index < -0.39 is 0 Å². The van der Waals surface area contributed by atoms with Gasteiger partial charge in [0.15, 0.2) is 17.4 Å². The van der Waals surface area contributed by atoms with Gasteiger partial charge >= 0.3 is 0 Å². The smallest absolute Gasteiger partial charge is 0.191 e. The minimum atomic E-state index is 0.533. The van der Waals surface area contributed by atoms with Crippen LogP contribution in [0.25, 0.3) is 5.65 Å². The summed E-state index contributed by atoms with van der Waals surface area (Å²) in [7, 11) is 1.76. The van der Waals surface area contributed by atoms with E-state index in [0.29, 0.717) is 19.0 Å². The standard InChI is InChI=1S/C21H24N8/c1-16-23-9-11-28(16)15-18-7-5-6-17(12-18)13-24-21(22-2)25-14-20-27-26-19-8-3-4-10-29(19)20/h3-12H,13-15H2,1-2H3,(H2,22,24,25). The summed E-state index contributed by atoms with van der Waals surface area (Å²) in [6.07, 6.45) is 5.78. The molecule has 3 heterocycles. The van der Waals surface area contributed by atoms with Crippen molar-refractivity contribution in [1.82, 2.24) is 34.8 Å². The summed E-state index contributed by atoms with van der Waals surface area (Å²) in [6, 6.07) is 14.4. The Morgan fingerprint density at radius 1 is 1.00 bits per heavy atom. The van der Waals surface area contributed by atoms with Gasteiger partial charge in [0.2, 0.25) is 0 Å². The average molecular weight is 388 g/mol. The van der Waals surface area contributed by atoms with Crippen molar-refractivity contribution in [2.75, 3.05) is 7.05 Å². The first kappa shape index (κ1) is 18.7. The van der Waals surface area contributed by atoms with Crippen molar-refractivity contribution in [2.24, 2.45) is 4.99 Å². The molecule has 0 saturated carbocycles. The fraction of sp³-hybridized carbons (Fsp3) is 0.238. The molecule has 0 saturated heterocycles. The Morgan fingerprint density at radius 2 is 1.86 bits per heavy atom. The van der Waals surface area contributed by atoms with E-state index in [9.17, 15) is 0 Å². The maximum absolute atomic E-state index is 4.30. The molecule has 8 heteroatoms. The van der Waals surface area contributed by atoms with Crippen molar-refractivity contribution in [3.05, 3.63) is 83.8 Å². The van der Waals surface area contributed by atoms with Gasteiger partial charge in [0.25, 0.3) is 0 Å². The summed E-state index contributed by atoms with van der Waals surface area (Å²) in [4.78, 5) is 8.58. The van der Waals surface area contributed by atoms with Crippen LogP contribution in [0.4, 0.5) is 0 Å². The van der Waals surface area contributed by atoms with Crippen LogP contribution >= 0.6 is 0 Å². The van der Waals surface area contributed by atoms with Crippen molar-refractivity contribution in [3.8, 4) is 0 Å². The van der Waals surface area contributed by atoms with E-state index in [4.69, 9.17) is 0 Å². The number of aromatic nitrogens is 5. The Morgan fingerprint density at radius 3 is 2.69 bits per heavy atom. The van der Waals surface area contributed by atoms with E-state index in [-0.39, 0.29) is 0 Å². The zero-order chi connectivity index (χ0) is 20.1. The predicted octanol–water partition coefficient (Wildman–Crippen LogP) is 2.15. The molecular formula is C21H24N8. The molecule has 0 amide bonds. The summed E-state index contributed by atoms with van der Waals surface area (Å²) in [5, 5.41) is 15.1. The quantitative estimate of drug-likeness (QED) is 0.391. The van der Waals surface area contributed by atoms with Gasteiger partial charge in [-0.1, -0.05) is 30.3 Å². The molecule has 0 aliphatic heterocycles. The van der Waals surface area contributed by atoms with Gasteiger partial charge in [0.1, 0.15) is 5.82 Å². The molecule has 4 rings (SSSR count). The summed E-state index contributed by atoms with van der Waals surface area (Å²) >= 11 is 0. The van der Waals surface area contributed by atoms with Gasteiger partial charge in [-0.2, -0.15) is 0 Å². The minimum absolute atomic E-state index is 0.533. The second-order valence-electron chi connectivity index (χ2n) is 6.75. The first-order chi connectivity index (χ1) is 14.2. The first-order valence-corrected chi connectivity index (χ1v) is 9.51. The SMILES string of the molecule is CN=C(NCc1cccc(Cn2ccnc2C)c1)NCc1nnc2ccccn12. The third kappa shape index (κ3) is 4.43. The summed E-state index contributed by atoms with van der Waals surface area (Å²) in [5.74, 6) is 2.56. The van der Waals surface area contributed by atoms with Crippen molar-refractivity contribution in [1.29, 1.82) is 0 Å². The molecule has 0 fully saturated rings. The Hall–Kier alpha value is -3.68. The van der Waals surface area contributed by atoms with Crippen LogP contribution in [0, 0.1) is 6.92 Å². The van der Waals surface area contributed by atoms with Crippen molar-refractivity contribution < 1.29 is 0 Å². The number of guanidine groups is 1. The van der Waals surface area contributed by atoms with Crippen molar-refractivity contribution in [3.63, 3.8) is 0 Å². The van der Waals surface area contributed by atoms with E-state index >= 15 is 0 Å². The average Bonchev–Trinajstić information content (AvgIpc) is 3.35. The first-order valence-electron chi connectivity index (χ1n) is 9.51. The lowest BCUT2D eigenvalue weighted by atomic mass is 10.1. The number of aliphatic imine (C=N–C) groups is 1. The fourth-order valence-electron chi connectivity index (χ4n) is 3.19. The number of nitrogens with one attached hydrogen (secondary N) is 2. The molecule has 29 heavy (non-hydrogen) atoms. The summed E-state index contributed by atoms with van der Waals surface area (Å²) in [5.41, 5.74) is 3.26. The molecule has 0 bridgehead atoms. The zero-order valence-corrected chi connectivity index (χ0v) is 16.6. The highest BCUT2D eigenvalue weighted by atomic mass is 15.3. The Labute approximate surface area is 169 Å². The van der Waals surface area contributed by atoms with E-state index in [1.165, 1.54) is 11.1 Å². The second-order valence-corrected chi connectivity index (χ2v) is 6.75. The molecular weight excluding hydrogens is 364 g/mol. The van der Waals surface area contributed by atoms with Gasteiger partial charge in [-0.05, 0) is 30.2 Å². The van der Waals surface area contributed by atoms with E-state index in [1.54, 1.807) is 7.05 Å². The van der Waals surface area contributed by atoms with Gasteiger partial charge in [-0.3, -0.25) is 9.39 Å². The molecule has 0 radical (unpaired) electrons. The van der Waals surface area contributed by atoms with Crippen LogP contribution in [-0.2, 0) is 19.6 Å². The Kier molecular flexibility index (Phi) is 5.51. The van der Waals surface area contributed by atoms with Crippen LogP contribution in [0.5, 0.6) is 0 Å². The molecule has 0 unspecified atom stereocenters. The van der Waals surface area contributed by atoms with Gasteiger partial charge in [0, 0.05) is 38.7 Å². The van der Waals surface area contributed by atoms with Crippen molar-refractivity contribution in [2.45, 2.75) is 26.6 Å². The van der Waals surface area contributed by atoms with Crippen LogP contribution in [0.2, 0.25) is 0 Å². The molecule has 0 atom stereocenters. The van der Waals surface area contributed by atoms with Gasteiger partial charge in [0.05, 0.1) is 6.54 Å². The number of hydrogen-bond acceptors (Lipinski definition) is 4. The fourth-order valence-corrected chi connectivity index (χ4v) is 3.19. The van der Waals surface area contributed by atoms with Gasteiger partial charge in [-0.15, -0.1) is 10.2 Å². The lowest BCUT2D eigenvalue weighted by Gasteiger charge is -2.12. The number of fused-ring (bicyclic) bond motifs is 1. The number of aryl methyl sites for hydroxylation is 1. The molecule has 0 aliphatic rings. The number of imidazole rings is 1. The molecule has 1 aromatic carbocycles. The maximum atomic E-state index is 4.30. The Bertz CT molecular complexity index is 1120. The monoisotopic (exact) mass is 388 g/mol. The van der Waals surface area contributed by atoms with Gasteiger partial charge in [-0.25, -0.2) is 4.98 Å². The molecule has 3 aromatic heterocycles. The Balaban J connectivity index is 1.35. The molecule has 2 N–H and O–H groups in total. The van der Waals surface area contributed by atoms with E-state index in [0.717, 1.165) is 23.8 Å². The normalized spacial score (nSPS) is 11.7. The largest absolute Gasteiger partial charge is 0.352 e. The lowest BCUT2D eigenvalue weighted by molar-refractivity contribution is 0.752. The van der Waals surface area contributed by atoms with Crippen molar-refractivity contribution >= 4 is 11.6 Å². The highest BCUT2D eigenvalue weighted by Gasteiger charge is 2.06. The van der Waals surface area contributed by atoms with E-state index in [2.05, 4.69) is 59.6 Å². The molecule has 0 spiro atoms. The number of pyridine rings is 1. The maximum Gasteiger partial charge on any atom is 0.191 e. The third-order valence-electron chi connectivity index (χ3n) is 4.75. The van der Waals surface area contributed by atoms with Crippen LogP contribution in [0.1, 0.15) is 22.8 Å². The number of rotatable bonds is 6. The molecule has 148 valence electrons. The van der Waals surface area contributed by atoms with Crippen LogP contribution in [0.15, 0.2) is 66.0 Å². The number of hydrogen-bond donors (Lipinski definition) is 2. The van der Waals surface area contributed by atoms with Crippen LogP contribution in [-0.4, -0.2) is 37.2 Å². The highest BCUT2D eigenvalue weighted by Crippen LogP contribution is 2.09. The molecule has 0 aliphatic carbocycles. The topological polar surface area (TPSA) is 84.4 Å². The lowest BCUT2D eigenvalue weighted by Crippen LogP contribution is -2.36. The minimum Gasteiger partial charge on any atom is -0.352 e. The summed E-state index contributed by atoms with van der Waals surface area (Å²) < 4.78 is 4.09. The molecule has 8 nitrogen and oxygen atoms in total. The number of benzene rings is 1. The highest BCUT2D eigenvalue weighted by molar-refractivity contribution is 5.79. The van der Waals surface area contributed by atoms with Crippen LogP contribution < -0.4 is 10.6 Å². The molecule has 4 aromatic rings. The predicted molar refractivity (Wildman–Crippen MR) is 113 cm³/mol.